The molecule has 0 aromatic heterocycles. The molecule has 0 radical (unpaired) electrons. The number of hydrogen-bond donors (Lipinski definition) is 0. The van der Waals surface area contributed by atoms with Crippen LogP contribution in [0.4, 0.5) is 0 Å². The zero-order chi connectivity index (χ0) is 19.2. The highest BCUT2D eigenvalue weighted by Crippen LogP contribution is 2.44. The van der Waals surface area contributed by atoms with Crippen molar-refractivity contribution >= 4 is 28.9 Å². The summed E-state index contributed by atoms with van der Waals surface area (Å²) in [6.07, 6.45) is 6.21. The van der Waals surface area contributed by atoms with Crippen molar-refractivity contribution in [2.45, 2.75) is 25.7 Å². The molecule has 4 rings (SSSR count). The Kier molecular flexibility index (Phi) is 4.27. The maximum absolute atomic E-state index is 13.0. The summed E-state index contributed by atoms with van der Waals surface area (Å²) in [5.74, 6) is -0.356. The highest BCUT2D eigenvalue weighted by molar-refractivity contribution is 8.03. The number of ketones is 2. The highest BCUT2D eigenvalue weighted by atomic mass is 32.2. The second-order valence-corrected chi connectivity index (χ2v) is 8.95. The average molecular weight is 372 g/mol. The van der Waals surface area contributed by atoms with Gasteiger partial charge in [-0.25, -0.2) is 0 Å². The molecule has 1 heterocycles. The molecule has 2 aliphatic rings. The summed E-state index contributed by atoms with van der Waals surface area (Å²) in [6, 6.07) is 15.0. The van der Waals surface area contributed by atoms with Crippen LogP contribution in [0, 0.1) is 5.41 Å². The van der Waals surface area contributed by atoms with Gasteiger partial charge in [-0.05, 0) is 28.7 Å². The molecule has 0 saturated heterocycles. The number of carbonyl (C=O) groups is 2. The van der Waals surface area contributed by atoms with Crippen LogP contribution in [0.1, 0.15) is 47.1 Å². The van der Waals surface area contributed by atoms with Crippen LogP contribution in [-0.4, -0.2) is 11.6 Å². The summed E-state index contributed by atoms with van der Waals surface area (Å²) in [4.78, 5) is 28.1. The van der Waals surface area contributed by atoms with Gasteiger partial charge in [0.15, 0.2) is 11.6 Å². The molecule has 134 valence electrons. The summed E-state index contributed by atoms with van der Waals surface area (Å²) in [6.45, 7) is 6.43. The summed E-state index contributed by atoms with van der Waals surface area (Å²) < 4.78 is 0. The molecular formula is C24H20O2S. The van der Waals surface area contributed by atoms with Crippen molar-refractivity contribution in [2.75, 3.05) is 0 Å². The molecule has 0 N–H and O–H groups in total. The van der Waals surface area contributed by atoms with E-state index < -0.39 is 0 Å². The molecule has 0 atom stereocenters. The van der Waals surface area contributed by atoms with E-state index in [1.54, 1.807) is 36.0 Å². The lowest BCUT2D eigenvalue weighted by Crippen LogP contribution is -2.07. The Morgan fingerprint density at radius 1 is 0.815 bits per heavy atom. The molecule has 2 nitrogen and oxygen atoms in total. The van der Waals surface area contributed by atoms with E-state index in [2.05, 4.69) is 32.9 Å². The highest BCUT2D eigenvalue weighted by Gasteiger charge is 2.36. The third-order valence-electron chi connectivity index (χ3n) is 4.58. The second kappa shape index (κ2) is 6.50. The van der Waals surface area contributed by atoms with Crippen LogP contribution in [0.5, 0.6) is 0 Å². The van der Waals surface area contributed by atoms with Crippen LogP contribution in [-0.2, 0) is 0 Å². The van der Waals surface area contributed by atoms with Crippen molar-refractivity contribution in [1.29, 1.82) is 0 Å². The number of fused-ring (bicyclic) bond motifs is 2. The van der Waals surface area contributed by atoms with Gasteiger partial charge >= 0.3 is 0 Å². The third kappa shape index (κ3) is 3.24. The fraction of sp³-hybridized carbons (Fsp3) is 0.167. The fourth-order valence-electron chi connectivity index (χ4n) is 3.27. The number of hydrogen-bond acceptors (Lipinski definition) is 3. The van der Waals surface area contributed by atoms with Gasteiger partial charge in [-0.2, -0.15) is 0 Å². The molecule has 0 fully saturated rings. The SMILES string of the molecule is CC(C)(C)/C=C/C1=CC(=C2C(=O)c3ccccc3C2=O)c2ccccc2S1. The standard InChI is InChI=1S/C24H20O2S/c1-24(2,3)13-12-15-14-19(16-8-6-7-11-20(16)27-15)21-22(25)17-9-4-5-10-18(17)23(21)26/h4-14H,1-3H3/b13-12+. The van der Waals surface area contributed by atoms with Crippen molar-refractivity contribution in [2.24, 2.45) is 5.41 Å². The van der Waals surface area contributed by atoms with Gasteiger partial charge in [0.25, 0.3) is 0 Å². The van der Waals surface area contributed by atoms with Gasteiger partial charge < -0.3 is 0 Å². The van der Waals surface area contributed by atoms with Crippen molar-refractivity contribution in [3.05, 3.63) is 93.9 Å². The first-order chi connectivity index (χ1) is 12.8. The molecule has 0 unspecified atom stereocenters. The van der Waals surface area contributed by atoms with E-state index >= 15 is 0 Å². The lowest BCUT2D eigenvalue weighted by atomic mass is 9.94. The van der Waals surface area contributed by atoms with Gasteiger partial charge in [-0.1, -0.05) is 87.1 Å². The number of carbonyl (C=O) groups excluding carboxylic acids is 2. The quantitative estimate of drug-likeness (QED) is 0.447. The number of Topliss-reactive ketones (excluding diaryl/α,β-unsaturated/α-hetero) is 2. The van der Waals surface area contributed by atoms with E-state index in [9.17, 15) is 9.59 Å². The summed E-state index contributed by atoms with van der Waals surface area (Å²) in [5.41, 5.74) is 3.01. The fourth-order valence-corrected chi connectivity index (χ4v) is 4.27. The molecule has 27 heavy (non-hydrogen) atoms. The minimum Gasteiger partial charge on any atom is -0.288 e. The molecule has 1 aliphatic carbocycles. The summed E-state index contributed by atoms with van der Waals surface area (Å²) in [5, 5.41) is 0. The summed E-state index contributed by atoms with van der Waals surface area (Å²) in [7, 11) is 0. The van der Waals surface area contributed by atoms with E-state index in [0.29, 0.717) is 11.1 Å². The van der Waals surface area contributed by atoms with Crippen molar-refractivity contribution in [1.82, 2.24) is 0 Å². The zero-order valence-electron chi connectivity index (χ0n) is 15.6. The van der Waals surface area contributed by atoms with E-state index in [-0.39, 0.29) is 22.6 Å². The lowest BCUT2D eigenvalue weighted by molar-refractivity contribution is 0.0990. The van der Waals surface area contributed by atoms with Gasteiger partial charge in [-0.15, -0.1) is 0 Å². The first kappa shape index (κ1) is 17.7. The molecule has 0 spiro atoms. The number of thioether (sulfide) groups is 1. The van der Waals surface area contributed by atoms with Crippen LogP contribution in [0.2, 0.25) is 0 Å². The van der Waals surface area contributed by atoms with Gasteiger partial charge in [-0.3, -0.25) is 9.59 Å². The molecular weight excluding hydrogens is 352 g/mol. The molecule has 0 amide bonds. The molecule has 2 aromatic rings. The monoisotopic (exact) mass is 372 g/mol. The average Bonchev–Trinajstić information content (AvgIpc) is 2.90. The Morgan fingerprint density at radius 2 is 1.37 bits per heavy atom. The van der Waals surface area contributed by atoms with Crippen LogP contribution < -0.4 is 0 Å². The first-order valence-electron chi connectivity index (χ1n) is 8.96. The Bertz CT molecular complexity index is 1020. The number of allylic oxidation sites excluding steroid dienone is 5. The maximum atomic E-state index is 13.0. The van der Waals surface area contributed by atoms with Crippen molar-refractivity contribution in [3.8, 4) is 0 Å². The lowest BCUT2D eigenvalue weighted by Gasteiger charge is -2.19. The molecule has 0 bridgehead atoms. The molecule has 3 heteroatoms. The smallest absolute Gasteiger partial charge is 0.198 e. The normalized spacial score (nSPS) is 16.6. The van der Waals surface area contributed by atoms with Crippen molar-refractivity contribution in [3.63, 3.8) is 0 Å². The number of rotatable bonds is 1. The number of benzene rings is 2. The van der Waals surface area contributed by atoms with Crippen molar-refractivity contribution < 1.29 is 9.59 Å². The Balaban J connectivity index is 1.91. The minimum absolute atomic E-state index is 0.0565. The molecule has 2 aromatic carbocycles. The van der Waals surface area contributed by atoms with Crippen LogP contribution in [0.15, 0.2) is 82.1 Å². The Hall–Kier alpha value is -2.65. The zero-order valence-corrected chi connectivity index (χ0v) is 16.4. The van der Waals surface area contributed by atoms with E-state index in [0.717, 1.165) is 20.9 Å². The molecule has 0 saturated carbocycles. The van der Waals surface area contributed by atoms with Gasteiger partial charge in [0.05, 0.1) is 5.57 Å². The predicted molar refractivity (Wildman–Crippen MR) is 111 cm³/mol. The second-order valence-electron chi connectivity index (χ2n) is 7.84. The Morgan fingerprint density at radius 3 is 1.96 bits per heavy atom. The van der Waals surface area contributed by atoms with Crippen LogP contribution >= 0.6 is 11.8 Å². The van der Waals surface area contributed by atoms with Gasteiger partial charge in [0.2, 0.25) is 0 Å². The predicted octanol–water partition coefficient (Wildman–Crippen LogP) is 6.11. The van der Waals surface area contributed by atoms with Crippen LogP contribution in [0.3, 0.4) is 0 Å². The first-order valence-corrected chi connectivity index (χ1v) is 9.78. The van der Waals surface area contributed by atoms with E-state index in [1.807, 2.05) is 30.3 Å². The molecule has 1 aliphatic heterocycles. The minimum atomic E-state index is -0.178. The third-order valence-corrected chi connectivity index (χ3v) is 5.64. The largest absolute Gasteiger partial charge is 0.288 e. The van der Waals surface area contributed by atoms with E-state index in [1.165, 1.54) is 0 Å². The maximum Gasteiger partial charge on any atom is 0.198 e. The topological polar surface area (TPSA) is 34.1 Å². The van der Waals surface area contributed by atoms with Gasteiger partial charge in [0, 0.05) is 20.9 Å². The Labute approximate surface area is 163 Å². The van der Waals surface area contributed by atoms with Crippen LogP contribution in [0.25, 0.3) is 5.57 Å². The summed E-state index contributed by atoms with van der Waals surface area (Å²) >= 11 is 1.66. The van der Waals surface area contributed by atoms with Gasteiger partial charge in [0.1, 0.15) is 0 Å². The van der Waals surface area contributed by atoms with E-state index in [4.69, 9.17) is 0 Å².